The molecule has 2 N–H and O–H groups in total. The normalized spacial score (nSPS) is 19.4. The number of carbonyl (C=O) groups is 2. The van der Waals surface area contributed by atoms with E-state index in [0.717, 1.165) is 42.5 Å². The number of carbonyl (C=O) groups excluding carboxylic acids is 2. The van der Waals surface area contributed by atoms with E-state index in [0.29, 0.717) is 12.1 Å². The van der Waals surface area contributed by atoms with Gasteiger partial charge in [0.05, 0.1) is 17.3 Å². The molecule has 26 heavy (non-hydrogen) atoms. The molecule has 2 amide bonds. The first-order chi connectivity index (χ1) is 12.6. The molecule has 0 saturated heterocycles. The SMILES string of the molecule is NC(=O)N1c2ccccc2CC(OC(=O)C2CCCC2)c2ccccc21. The van der Waals surface area contributed by atoms with Crippen molar-refractivity contribution >= 4 is 23.4 Å². The third-order valence-corrected chi connectivity index (χ3v) is 5.33. The molecule has 0 radical (unpaired) electrons. The van der Waals surface area contributed by atoms with Crippen LogP contribution < -0.4 is 10.6 Å². The molecule has 1 unspecified atom stereocenters. The molecule has 5 heteroatoms. The van der Waals surface area contributed by atoms with Crippen LogP contribution in [-0.2, 0) is 16.0 Å². The van der Waals surface area contributed by atoms with Crippen LogP contribution in [0.4, 0.5) is 16.2 Å². The van der Waals surface area contributed by atoms with Gasteiger partial charge in [-0.3, -0.25) is 9.69 Å². The van der Waals surface area contributed by atoms with E-state index >= 15 is 0 Å². The quantitative estimate of drug-likeness (QED) is 0.824. The molecule has 2 aliphatic rings. The zero-order valence-electron chi connectivity index (χ0n) is 14.6. The van der Waals surface area contributed by atoms with Crippen LogP contribution in [0.3, 0.4) is 0 Å². The Bertz CT molecular complexity index is 843. The summed E-state index contributed by atoms with van der Waals surface area (Å²) in [5.41, 5.74) is 8.86. The number of nitrogens with zero attached hydrogens (tertiary/aromatic N) is 1. The number of hydrogen-bond acceptors (Lipinski definition) is 3. The highest BCUT2D eigenvalue weighted by atomic mass is 16.5. The van der Waals surface area contributed by atoms with Gasteiger partial charge < -0.3 is 10.5 Å². The van der Waals surface area contributed by atoms with E-state index in [4.69, 9.17) is 10.5 Å². The first kappa shape index (κ1) is 16.6. The van der Waals surface area contributed by atoms with Crippen LogP contribution >= 0.6 is 0 Å². The second-order valence-corrected chi connectivity index (χ2v) is 6.97. The fraction of sp³-hybridized carbons (Fsp3) is 0.333. The van der Waals surface area contributed by atoms with Gasteiger partial charge in [0.25, 0.3) is 0 Å². The van der Waals surface area contributed by atoms with E-state index < -0.39 is 12.1 Å². The lowest BCUT2D eigenvalue weighted by Crippen LogP contribution is -2.32. The Balaban J connectivity index is 1.76. The van der Waals surface area contributed by atoms with Crippen molar-refractivity contribution in [2.75, 3.05) is 4.90 Å². The highest BCUT2D eigenvalue weighted by Gasteiger charge is 2.33. The number of anilines is 2. The molecule has 0 bridgehead atoms. The molecule has 2 aromatic carbocycles. The fourth-order valence-electron chi connectivity index (χ4n) is 4.05. The Morgan fingerprint density at radius 3 is 2.35 bits per heavy atom. The summed E-state index contributed by atoms with van der Waals surface area (Å²) in [5.74, 6) is -0.139. The Morgan fingerprint density at radius 2 is 1.62 bits per heavy atom. The van der Waals surface area contributed by atoms with E-state index in [1.54, 1.807) is 0 Å². The van der Waals surface area contributed by atoms with E-state index in [1.165, 1.54) is 4.90 Å². The molecule has 2 aromatic rings. The average Bonchev–Trinajstić information content (AvgIpc) is 3.13. The molecule has 1 atom stereocenters. The maximum atomic E-state index is 12.6. The number of amides is 2. The zero-order chi connectivity index (χ0) is 18.1. The van der Waals surface area contributed by atoms with Crippen molar-refractivity contribution in [3.8, 4) is 0 Å². The number of para-hydroxylation sites is 2. The number of urea groups is 1. The lowest BCUT2D eigenvalue weighted by molar-refractivity contribution is -0.154. The van der Waals surface area contributed by atoms with Crippen LogP contribution in [0.25, 0.3) is 0 Å². The Hall–Kier alpha value is -2.82. The van der Waals surface area contributed by atoms with Crippen LogP contribution in [0.5, 0.6) is 0 Å². The van der Waals surface area contributed by atoms with Gasteiger partial charge in [0.1, 0.15) is 6.10 Å². The number of hydrogen-bond donors (Lipinski definition) is 1. The molecule has 0 spiro atoms. The van der Waals surface area contributed by atoms with E-state index in [-0.39, 0.29) is 11.9 Å². The van der Waals surface area contributed by atoms with Gasteiger partial charge in [-0.2, -0.15) is 0 Å². The topological polar surface area (TPSA) is 72.6 Å². The molecule has 1 aliphatic carbocycles. The standard InChI is InChI=1S/C21H22N2O3/c22-21(25)23-17-11-5-3-9-15(17)13-19(16-10-4-6-12-18(16)23)26-20(24)14-7-1-2-8-14/h3-6,9-12,14,19H,1-2,7-8,13H2,(H2,22,25). The summed E-state index contributed by atoms with van der Waals surface area (Å²) in [5, 5.41) is 0. The zero-order valence-corrected chi connectivity index (χ0v) is 14.6. The van der Waals surface area contributed by atoms with Gasteiger partial charge in [0, 0.05) is 12.0 Å². The minimum Gasteiger partial charge on any atom is -0.457 e. The predicted octanol–water partition coefficient (Wildman–Crippen LogP) is 4.23. The van der Waals surface area contributed by atoms with Crippen molar-refractivity contribution in [2.45, 2.75) is 38.2 Å². The minimum absolute atomic E-state index is 0.00657. The molecule has 1 saturated carbocycles. The van der Waals surface area contributed by atoms with Crippen molar-refractivity contribution < 1.29 is 14.3 Å². The van der Waals surface area contributed by atoms with Crippen LogP contribution in [0.2, 0.25) is 0 Å². The summed E-state index contributed by atoms with van der Waals surface area (Å²) in [4.78, 5) is 26.4. The fourth-order valence-corrected chi connectivity index (χ4v) is 4.05. The number of benzene rings is 2. The summed E-state index contributed by atoms with van der Waals surface area (Å²) in [6.07, 6.45) is 4.06. The Labute approximate surface area is 152 Å². The van der Waals surface area contributed by atoms with Gasteiger partial charge in [0.15, 0.2) is 0 Å². The van der Waals surface area contributed by atoms with Crippen molar-refractivity contribution in [1.82, 2.24) is 0 Å². The summed E-state index contributed by atoms with van der Waals surface area (Å²) >= 11 is 0. The second-order valence-electron chi connectivity index (χ2n) is 6.97. The van der Waals surface area contributed by atoms with Gasteiger partial charge in [-0.15, -0.1) is 0 Å². The van der Waals surface area contributed by atoms with Gasteiger partial charge in [-0.1, -0.05) is 49.2 Å². The molecule has 4 rings (SSSR count). The molecule has 1 heterocycles. The van der Waals surface area contributed by atoms with Crippen molar-refractivity contribution in [3.63, 3.8) is 0 Å². The largest absolute Gasteiger partial charge is 0.457 e. The van der Waals surface area contributed by atoms with E-state index in [2.05, 4.69) is 0 Å². The summed E-state index contributed by atoms with van der Waals surface area (Å²) in [6.45, 7) is 0. The van der Waals surface area contributed by atoms with Gasteiger partial charge in [-0.25, -0.2) is 4.79 Å². The highest BCUT2D eigenvalue weighted by molar-refractivity contribution is 6.00. The summed E-state index contributed by atoms with van der Waals surface area (Å²) in [7, 11) is 0. The first-order valence-electron chi connectivity index (χ1n) is 9.12. The second kappa shape index (κ2) is 6.83. The monoisotopic (exact) mass is 350 g/mol. The molecule has 0 aromatic heterocycles. The van der Waals surface area contributed by atoms with E-state index in [9.17, 15) is 9.59 Å². The Kier molecular flexibility index (Phi) is 4.37. The molecule has 1 fully saturated rings. The van der Waals surface area contributed by atoms with Crippen molar-refractivity contribution in [2.24, 2.45) is 11.7 Å². The van der Waals surface area contributed by atoms with Crippen LogP contribution in [0.1, 0.15) is 42.9 Å². The highest BCUT2D eigenvalue weighted by Crippen LogP contribution is 2.42. The molecular weight excluding hydrogens is 328 g/mol. The van der Waals surface area contributed by atoms with Crippen LogP contribution in [-0.4, -0.2) is 12.0 Å². The van der Waals surface area contributed by atoms with Crippen molar-refractivity contribution in [1.29, 1.82) is 0 Å². The van der Waals surface area contributed by atoms with Crippen LogP contribution in [0.15, 0.2) is 48.5 Å². The number of fused-ring (bicyclic) bond motifs is 2. The van der Waals surface area contributed by atoms with Gasteiger partial charge >= 0.3 is 12.0 Å². The smallest absolute Gasteiger partial charge is 0.323 e. The number of esters is 1. The maximum absolute atomic E-state index is 12.6. The van der Waals surface area contributed by atoms with E-state index in [1.807, 2.05) is 48.5 Å². The molecule has 1 aliphatic heterocycles. The molecule has 134 valence electrons. The number of nitrogens with two attached hydrogens (primary N) is 1. The number of primary amides is 1. The maximum Gasteiger partial charge on any atom is 0.323 e. The summed E-state index contributed by atoms with van der Waals surface area (Å²) in [6, 6.07) is 14.6. The van der Waals surface area contributed by atoms with Crippen molar-refractivity contribution in [3.05, 3.63) is 59.7 Å². The van der Waals surface area contributed by atoms with Crippen LogP contribution in [0, 0.1) is 5.92 Å². The lowest BCUT2D eigenvalue weighted by Gasteiger charge is -2.23. The average molecular weight is 350 g/mol. The summed E-state index contributed by atoms with van der Waals surface area (Å²) < 4.78 is 5.95. The third-order valence-electron chi connectivity index (χ3n) is 5.33. The van der Waals surface area contributed by atoms with Gasteiger partial charge in [-0.05, 0) is 30.5 Å². The minimum atomic E-state index is -0.548. The number of ether oxygens (including phenoxy) is 1. The third kappa shape index (κ3) is 2.94. The Morgan fingerprint density at radius 1 is 0.962 bits per heavy atom. The number of rotatable bonds is 2. The first-order valence-corrected chi connectivity index (χ1v) is 9.12. The molecule has 5 nitrogen and oxygen atoms in total. The lowest BCUT2D eigenvalue weighted by atomic mass is 10.0. The predicted molar refractivity (Wildman–Crippen MR) is 99.1 cm³/mol. The van der Waals surface area contributed by atoms with Gasteiger partial charge in [0.2, 0.25) is 0 Å². The molecular formula is C21H22N2O3.